The molecule has 2 aromatic rings. The summed E-state index contributed by atoms with van der Waals surface area (Å²) in [5.41, 5.74) is 0.268. The number of benzene rings is 2. The molecule has 2 saturated heterocycles. The van der Waals surface area contributed by atoms with Crippen LogP contribution in [-0.4, -0.2) is 79.8 Å². The minimum Gasteiger partial charge on any atom is -0.496 e. The van der Waals surface area contributed by atoms with Crippen LogP contribution in [0.1, 0.15) is 18.1 Å². The van der Waals surface area contributed by atoms with E-state index in [4.69, 9.17) is 14.2 Å². The zero-order valence-electron chi connectivity index (χ0n) is 19.9. The van der Waals surface area contributed by atoms with Crippen molar-refractivity contribution in [3.8, 4) is 17.2 Å². The summed E-state index contributed by atoms with van der Waals surface area (Å²) in [5.74, 6) is 1.27. The summed E-state index contributed by atoms with van der Waals surface area (Å²) in [7, 11) is 1.57. The van der Waals surface area contributed by atoms with E-state index in [2.05, 4.69) is 15.1 Å². The summed E-state index contributed by atoms with van der Waals surface area (Å²) in [4.78, 5) is 31.7. The van der Waals surface area contributed by atoms with Crippen molar-refractivity contribution in [3.63, 3.8) is 0 Å². The van der Waals surface area contributed by atoms with Gasteiger partial charge in [0.2, 0.25) is 0 Å². The molecule has 0 unspecified atom stereocenters. The third-order valence-corrected chi connectivity index (χ3v) is 6.84. The van der Waals surface area contributed by atoms with Crippen molar-refractivity contribution in [1.82, 2.24) is 20.0 Å². The molecule has 9 nitrogen and oxygen atoms in total. The number of piperazine rings is 1. The van der Waals surface area contributed by atoms with Gasteiger partial charge >= 0.3 is 6.03 Å². The Morgan fingerprint density at radius 2 is 1.71 bits per heavy atom. The van der Waals surface area contributed by atoms with Gasteiger partial charge in [0.15, 0.2) is 11.5 Å². The molecule has 0 aliphatic carbocycles. The van der Waals surface area contributed by atoms with Gasteiger partial charge < -0.3 is 19.5 Å². The summed E-state index contributed by atoms with van der Waals surface area (Å²) < 4.78 is 30.3. The topological polar surface area (TPSA) is 83.6 Å². The number of imide groups is 1. The fourth-order valence-electron chi connectivity index (χ4n) is 4.78. The molecule has 0 aromatic heterocycles. The maximum atomic E-state index is 13.7. The molecule has 3 amide bonds. The number of carbonyl (C=O) groups is 2. The van der Waals surface area contributed by atoms with E-state index in [1.165, 1.54) is 17.0 Å². The van der Waals surface area contributed by atoms with Crippen LogP contribution in [0.4, 0.5) is 9.18 Å². The second-order valence-corrected chi connectivity index (χ2v) is 9.14. The van der Waals surface area contributed by atoms with Crippen LogP contribution < -0.4 is 19.5 Å². The van der Waals surface area contributed by atoms with E-state index in [0.29, 0.717) is 55.7 Å². The van der Waals surface area contributed by atoms with Crippen LogP contribution in [0.5, 0.6) is 17.2 Å². The second-order valence-electron chi connectivity index (χ2n) is 9.14. The van der Waals surface area contributed by atoms with Crippen molar-refractivity contribution in [2.24, 2.45) is 0 Å². The van der Waals surface area contributed by atoms with E-state index in [9.17, 15) is 14.0 Å². The van der Waals surface area contributed by atoms with Crippen LogP contribution in [0.25, 0.3) is 0 Å². The van der Waals surface area contributed by atoms with Gasteiger partial charge in [-0.3, -0.25) is 14.6 Å². The number of rotatable bonds is 6. The maximum Gasteiger partial charge on any atom is 0.326 e. The number of amides is 3. The Labute approximate surface area is 203 Å². The number of ether oxygens (including phenoxy) is 3. The number of nitrogens with one attached hydrogen (secondary N) is 1. The van der Waals surface area contributed by atoms with Gasteiger partial charge in [-0.15, -0.1) is 0 Å². The molecule has 3 aliphatic heterocycles. The van der Waals surface area contributed by atoms with Crippen molar-refractivity contribution in [2.45, 2.75) is 19.0 Å². The van der Waals surface area contributed by atoms with Crippen LogP contribution in [-0.2, 0) is 16.9 Å². The molecule has 2 fully saturated rings. The molecule has 3 aliphatic rings. The number of nitrogens with zero attached hydrogens (tertiary/aromatic N) is 3. The van der Waals surface area contributed by atoms with E-state index in [0.717, 1.165) is 18.7 Å². The summed E-state index contributed by atoms with van der Waals surface area (Å²) in [5, 5.41) is 2.86. The average molecular weight is 485 g/mol. The molecular formula is C25H29FN4O5. The Balaban J connectivity index is 1.21. The fraction of sp³-hybridized carbons (Fsp3) is 0.440. The number of hydrogen-bond donors (Lipinski definition) is 1. The molecule has 0 radical (unpaired) electrons. The Morgan fingerprint density at radius 3 is 2.46 bits per heavy atom. The fourth-order valence-corrected chi connectivity index (χ4v) is 4.78. The van der Waals surface area contributed by atoms with Gasteiger partial charge in [0.25, 0.3) is 5.91 Å². The van der Waals surface area contributed by atoms with E-state index in [1.807, 2.05) is 0 Å². The minimum absolute atomic E-state index is 0.210. The molecule has 10 heteroatoms. The van der Waals surface area contributed by atoms with Crippen LogP contribution in [0.2, 0.25) is 0 Å². The third kappa shape index (κ3) is 4.51. The third-order valence-electron chi connectivity index (χ3n) is 6.84. The molecule has 3 heterocycles. The molecule has 2 aromatic carbocycles. The number of halogens is 1. The highest BCUT2D eigenvalue weighted by atomic mass is 19.1. The summed E-state index contributed by atoms with van der Waals surface area (Å²) >= 11 is 0. The van der Waals surface area contributed by atoms with Gasteiger partial charge in [0, 0.05) is 38.3 Å². The maximum absolute atomic E-state index is 13.7. The molecule has 35 heavy (non-hydrogen) atoms. The lowest BCUT2D eigenvalue weighted by molar-refractivity contribution is -0.132. The molecule has 1 N–H and O–H groups in total. The number of methoxy groups -OCH3 is 1. The number of hydrogen-bond acceptors (Lipinski definition) is 7. The summed E-state index contributed by atoms with van der Waals surface area (Å²) in [6.07, 6.45) is 0. The molecule has 0 saturated carbocycles. The van der Waals surface area contributed by atoms with Crippen LogP contribution >= 0.6 is 0 Å². The number of fused-ring (bicyclic) bond motifs is 1. The monoisotopic (exact) mass is 484 g/mol. The van der Waals surface area contributed by atoms with Crippen molar-refractivity contribution in [3.05, 3.63) is 53.3 Å². The van der Waals surface area contributed by atoms with Crippen LogP contribution in [0.3, 0.4) is 0 Å². The predicted molar refractivity (Wildman–Crippen MR) is 125 cm³/mol. The highest BCUT2D eigenvalue weighted by Crippen LogP contribution is 2.37. The van der Waals surface area contributed by atoms with Gasteiger partial charge in [-0.25, -0.2) is 14.1 Å². The molecule has 5 rings (SSSR count). The zero-order valence-corrected chi connectivity index (χ0v) is 19.9. The van der Waals surface area contributed by atoms with Crippen molar-refractivity contribution in [2.75, 3.05) is 53.2 Å². The number of urea groups is 1. The van der Waals surface area contributed by atoms with E-state index < -0.39 is 11.6 Å². The van der Waals surface area contributed by atoms with E-state index in [1.54, 1.807) is 38.3 Å². The molecule has 0 bridgehead atoms. The molecule has 0 spiro atoms. The largest absolute Gasteiger partial charge is 0.496 e. The molecule has 186 valence electrons. The van der Waals surface area contributed by atoms with Crippen LogP contribution in [0.15, 0.2) is 36.4 Å². The summed E-state index contributed by atoms with van der Waals surface area (Å²) in [6.45, 7) is 6.22. The van der Waals surface area contributed by atoms with Gasteiger partial charge in [-0.1, -0.05) is 6.07 Å². The highest BCUT2D eigenvalue weighted by molar-refractivity contribution is 6.07. The molecule has 1 atom stereocenters. The van der Waals surface area contributed by atoms with E-state index >= 15 is 0 Å². The first kappa shape index (κ1) is 23.4. The normalized spacial score (nSPS) is 22.9. The van der Waals surface area contributed by atoms with E-state index in [-0.39, 0.29) is 18.4 Å². The van der Waals surface area contributed by atoms with Crippen molar-refractivity contribution in [1.29, 1.82) is 0 Å². The lowest BCUT2D eigenvalue weighted by atomic mass is 9.91. The average Bonchev–Trinajstić information content (AvgIpc) is 3.09. The Hall–Kier alpha value is -3.37. The second kappa shape index (κ2) is 9.35. The van der Waals surface area contributed by atoms with Crippen molar-refractivity contribution < 1.29 is 28.2 Å². The first-order chi connectivity index (χ1) is 16.9. The Morgan fingerprint density at radius 1 is 1.00 bits per heavy atom. The first-order valence-corrected chi connectivity index (χ1v) is 11.7. The van der Waals surface area contributed by atoms with Crippen LogP contribution in [0, 0.1) is 5.82 Å². The first-order valence-electron chi connectivity index (χ1n) is 11.7. The SMILES string of the molecule is COc1ccc(F)cc1CN1CCN(CN2C(=O)N[C@@](C)(c3ccc4c(c3)OCCO4)C2=O)CC1. The number of carbonyl (C=O) groups excluding carboxylic acids is 2. The smallest absolute Gasteiger partial charge is 0.326 e. The van der Waals surface area contributed by atoms with Crippen molar-refractivity contribution >= 4 is 11.9 Å². The van der Waals surface area contributed by atoms with Gasteiger partial charge in [-0.05, 0) is 42.8 Å². The highest BCUT2D eigenvalue weighted by Gasteiger charge is 2.49. The molecular weight excluding hydrogens is 455 g/mol. The lowest BCUT2D eigenvalue weighted by Crippen LogP contribution is -2.51. The predicted octanol–water partition coefficient (Wildman–Crippen LogP) is 2.15. The standard InChI is InChI=1S/C25H29FN4O5/c1-25(18-3-5-21-22(14-18)35-12-11-34-21)23(31)30(24(32)27-25)16-29-9-7-28(8-10-29)15-17-13-19(26)4-6-20(17)33-2/h3-6,13-14H,7-12,15-16H2,1-2H3,(H,27,32)/t25-/m0/s1. The zero-order chi connectivity index (χ0) is 24.6. The summed E-state index contributed by atoms with van der Waals surface area (Å²) in [6, 6.07) is 9.42. The van der Waals surface area contributed by atoms with Gasteiger partial charge in [0.1, 0.15) is 30.3 Å². The van der Waals surface area contributed by atoms with Gasteiger partial charge in [-0.2, -0.15) is 0 Å². The van der Waals surface area contributed by atoms with Gasteiger partial charge in [0.05, 0.1) is 13.8 Å². The Bertz CT molecular complexity index is 1140. The lowest BCUT2D eigenvalue weighted by Gasteiger charge is -2.36. The Kier molecular flexibility index (Phi) is 6.24. The quantitative estimate of drug-likeness (QED) is 0.629. The minimum atomic E-state index is -1.18.